The van der Waals surface area contributed by atoms with Crippen molar-refractivity contribution in [2.24, 2.45) is 0 Å². The normalized spacial score (nSPS) is 12.4. The molecule has 0 radical (unpaired) electrons. The van der Waals surface area contributed by atoms with Gasteiger partial charge in [0.1, 0.15) is 5.75 Å². The molecule has 1 heterocycles. The summed E-state index contributed by atoms with van der Waals surface area (Å²) in [6, 6.07) is 8.43. The number of thiazole rings is 1. The highest BCUT2D eigenvalue weighted by Gasteiger charge is 2.10. The molecular formula is C15H20N2OS. The second-order valence-corrected chi connectivity index (χ2v) is 5.47. The number of methoxy groups -OCH3 is 1. The molecule has 1 atom stereocenters. The van der Waals surface area contributed by atoms with Crippen molar-refractivity contribution < 1.29 is 4.74 Å². The van der Waals surface area contributed by atoms with Crippen molar-refractivity contribution in [3.8, 4) is 5.75 Å². The first-order chi connectivity index (χ1) is 9.22. The van der Waals surface area contributed by atoms with Gasteiger partial charge >= 0.3 is 0 Å². The molecule has 0 unspecified atom stereocenters. The predicted molar refractivity (Wildman–Crippen MR) is 80.0 cm³/mol. The van der Waals surface area contributed by atoms with E-state index in [1.165, 1.54) is 10.4 Å². The van der Waals surface area contributed by atoms with Crippen molar-refractivity contribution in [2.45, 2.75) is 26.3 Å². The van der Waals surface area contributed by atoms with Crippen LogP contribution in [0.5, 0.6) is 5.75 Å². The first kappa shape index (κ1) is 14.0. The highest BCUT2D eigenvalue weighted by atomic mass is 32.1. The molecule has 1 aromatic carbocycles. The van der Waals surface area contributed by atoms with Gasteiger partial charge < -0.3 is 10.1 Å². The third-order valence-electron chi connectivity index (χ3n) is 3.25. The van der Waals surface area contributed by atoms with Gasteiger partial charge in [0.05, 0.1) is 18.3 Å². The van der Waals surface area contributed by atoms with Crippen LogP contribution in [0.4, 0.5) is 0 Å². The van der Waals surface area contributed by atoms with Gasteiger partial charge in [0.2, 0.25) is 0 Å². The topological polar surface area (TPSA) is 34.1 Å². The van der Waals surface area contributed by atoms with Crippen LogP contribution in [0.25, 0.3) is 0 Å². The molecule has 0 spiro atoms. The number of nitrogens with zero attached hydrogens (tertiary/aromatic N) is 1. The summed E-state index contributed by atoms with van der Waals surface area (Å²) in [7, 11) is 1.71. The van der Waals surface area contributed by atoms with E-state index in [1.807, 2.05) is 23.7 Å². The van der Waals surface area contributed by atoms with Gasteiger partial charge in [0.15, 0.2) is 0 Å². The zero-order valence-electron chi connectivity index (χ0n) is 11.6. The van der Waals surface area contributed by atoms with E-state index in [0.29, 0.717) is 0 Å². The van der Waals surface area contributed by atoms with E-state index in [1.54, 1.807) is 18.4 Å². The molecule has 0 fully saturated rings. The van der Waals surface area contributed by atoms with Crippen LogP contribution in [0.15, 0.2) is 29.8 Å². The standard InChI is InChI=1S/C15H20N2OS/c1-11(13-6-4-5-7-14(13)18-3)16-9-8-15-12(2)17-10-19-15/h4-7,10-11,16H,8-9H2,1-3H3/t11-/m1/s1. The quantitative estimate of drug-likeness (QED) is 0.878. The van der Waals surface area contributed by atoms with E-state index in [-0.39, 0.29) is 6.04 Å². The van der Waals surface area contributed by atoms with Crippen molar-refractivity contribution in [2.75, 3.05) is 13.7 Å². The van der Waals surface area contributed by atoms with Crippen molar-refractivity contribution >= 4 is 11.3 Å². The maximum atomic E-state index is 5.39. The fraction of sp³-hybridized carbons (Fsp3) is 0.400. The van der Waals surface area contributed by atoms with Crippen LogP contribution in [0.3, 0.4) is 0 Å². The summed E-state index contributed by atoms with van der Waals surface area (Å²) in [5.74, 6) is 0.941. The lowest BCUT2D eigenvalue weighted by Gasteiger charge is -2.17. The SMILES string of the molecule is COc1ccccc1[C@@H](C)NCCc1scnc1C. The van der Waals surface area contributed by atoms with Crippen LogP contribution in [-0.4, -0.2) is 18.6 Å². The molecule has 1 aromatic heterocycles. The van der Waals surface area contributed by atoms with Gasteiger partial charge in [-0.25, -0.2) is 4.98 Å². The Morgan fingerprint density at radius 2 is 2.16 bits per heavy atom. The molecule has 2 rings (SSSR count). The minimum atomic E-state index is 0.282. The Labute approximate surface area is 118 Å². The average Bonchev–Trinajstić information content (AvgIpc) is 2.84. The maximum absolute atomic E-state index is 5.39. The average molecular weight is 276 g/mol. The smallest absolute Gasteiger partial charge is 0.123 e. The molecule has 1 N–H and O–H groups in total. The lowest BCUT2D eigenvalue weighted by molar-refractivity contribution is 0.402. The molecule has 0 aliphatic rings. The van der Waals surface area contributed by atoms with Gasteiger partial charge in [-0.2, -0.15) is 0 Å². The molecule has 102 valence electrons. The Morgan fingerprint density at radius 1 is 1.37 bits per heavy atom. The Balaban J connectivity index is 1.91. The van der Waals surface area contributed by atoms with Gasteiger partial charge in [0, 0.05) is 23.0 Å². The lowest BCUT2D eigenvalue weighted by atomic mass is 10.1. The molecule has 4 heteroatoms. The van der Waals surface area contributed by atoms with Gasteiger partial charge in [-0.1, -0.05) is 18.2 Å². The zero-order valence-corrected chi connectivity index (χ0v) is 12.5. The summed E-state index contributed by atoms with van der Waals surface area (Å²) in [6.07, 6.45) is 1.02. The molecule has 2 aromatic rings. The van der Waals surface area contributed by atoms with Crippen LogP contribution in [0.1, 0.15) is 29.1 Å². The molecule has 0 aliphatic carbocycles. The van der Waals surface area contributed by atoms with Gasteiger partial charge in [-0.3, -0.25) is 0 Å². The third-order valence-corrected chi connectivity index (χ3v) is 4.25. The Morgan fingerprint density at radius 3 is 2.84 bits per heavy atom. The van der Waals surface area contributed by atoms with Crippen LogP contribution in [-0.2, 0) is 6.42 Å². The number of nitrogens with one attached hydrogen (secondary N) is 1. The number of hydrogen-bond acceptors (Lipinski definition) is 4. The maximum Gasteiger partial charge on any atom is 0.123 e. The fourth-order valence-electron chi connectivity index (χ4n) is 2.10. The second kappa shape index (κ2) is 6.68. The van der Waals surface area contributed by atoms with Crippen molar-refractivity contribution in [1.82, 2.24) is 10.3 Å². The van der Waals surface area contributed by atoms with E-state index in [0.717, 1.165) is 24.4 Å². The zero-order chi connectivity index (χ0) is 13.7. The molecule has 0 saturated heterocycles. The van der Waals surface area contributed by atoms with Gasteiger partial charge in [0.25, 0.3) is 0 Å². The Bertz CT molecular complexity index is 524. The minimum absolute atomic E-state index is 0.282. The number of hydrogen-bond donors (Lipinski definition) is 1. The molecule has 0 bridgehead atoms. The summed E-state index contributed by atoms with van der Waals surface area (Å²) in [4.78, 5) is 5.63. The minimum Gasteiger partial charge on any atom is -0.496 e. The molecule has 19 heavy (non-hydrogen) atoms. The number of aryl methyl sites for hydroxylation is 1. The highest BCUT2D eigenvalue weighted by Crippen LogP contribution is 2.24. The van der Waals surface area contributed by atoms with Crippen LogP contribution < -0.4 is 10.1 Å². The number of aromatic nitrogens is 1. The van der Waals surface area contributed by atoms with Crippen molar-refractivity contribution in [3.05, 3.63) is 45.9 Å². The summed E-state index contributed by atoms with van der Waals surface area (Å²) in [5.41, 5.74) is 4.26. The van der Waals surface area contributed by atoms with E-state index in [4.69, 9.17) is 4.74 Å². The van der Waals surface area contributed by atoms with E-state index in [9.17, 15) is 0 Å². The number of ether oxygens (including phenoxy) is 1. The lowest BCUT2D eigenvalue weighted by Crippen LogP contribution is -2.21. The molecule has 3 nitrogen and oxygen atoms in total. The third kappa shape index (κ3) is 3.55. The Kier molecular flexibility index (Phi) is 4.93. The number of benzene rings is 1. The molecule has 0 aliphatic heterocycles. The monoisotopic (exact) mass is 276 g/mol. The summed E-state index contributed by atoms with van der Waals surface area (Å²) in [5, 5.41) is 3.54. The van der Waals surface area contributed by atoms with Crippen molar-refractivity contribution in [3.63, 3.8) is 0 Å². The summed E-state index contributed by atoms with van der Waals surface area (Å²) in [6.45, 7) is 5.18. The fourth-order valence-corrected chi connectivity index (χ4v) is 2.88. The number of para-hydroxylation sites is 1. The van der Waals surface area contributed by atoms with Gasteiger partial charge in [-0.05, 0) is 26.3 Å². The summed E-state index contributed by atoms with van der Waals surface area (Å²) < 4.78 is 5.39. The van der Waals surface area contributed by atoms with Crippen LogP contribution in [0.2, 0.25) is 0 Å². The van der Waals surface area contributed by atoms with Crippen molar-refractivity contribution in [1.29, 1.82) is 0 Å². The Hall–Kier alpha value is -1.39. The largest absolute Gasteiger partial charge is 0.496 e. The first-order valence-electron chi connectivity index (χ1n) is 6.47. The predicted octanol–water partition coefficient (Wildman–Crippen LogP) is 3.35. The van der Waals surface area contributed by atoms with Crippen LogP contribution >= 0.6 is 11.3 Å². The molecule has 0 amide bonds. The van der Waals surface area contributed by atoms with E-state index in [2.05, 4.69) is 30.2 Å². The van der Waals surface area contributed by atoms with Crippen LogP contribution in [0, 0.1) is 6.92 Å². The number of rotatable bonds is 6. The molecule has 0 saturated carbocycles. The van der Waals surface area contributed by atoms with Gasteiger partial charge in [-0.15, -0.1) is 11.3 Å². The first-order valence-corrected chi connectivity index (χ1v) is 7.35. The van der Waals surface area contributed by atoms with E-state index < -0.39 is 0 Å². The summed E-state index contributed by atoms with van der Waals surface area (Å²) >= 11 is 1.73. The van der Waals surface area contributed by atoms with E-state index >= 15 is 0 Å². The highest BCUT2D eigenvalue weighted by molar-refractivity contribution is 7.09. The second-order valence-electron chi connectivity index (χ2n) is 4.53. The molecular weight excluding hydrogens is 256 g/mol.